The first kappa shape index (κ1) is 17.9. The molecule has 0 aliphatic carbocycles. The molecule has 2 heterocycles. The molecule has 1 aliphatic heterocycles. The number of hydrogen-bond donors (Lipinski definition) is 1. The Morgan fingerprint density at radius 2 is 2.20 bits per heavy atom. The molecule has 134 valence electrons. The minimum Gasteiger partial charge on any atom is -0.376 e. The molecule has 0 saturated carbocycles. The van der Waals surface area contributed by atoms with E-state index >= 15 is 0 Å². The highest BCUT2D eigenvalue weighted by molar-refractivity contribution is 7.99. The summed E-state index contributed by atoms with van der Waals surface area (Å²) in [5.74, 6) is 0.616. The van der Waals surface area contributed by atoms with E-state index in [1.54, 1.807) is 0 Å². The van der Waals surface area contributed by atoms with Gasteiger partial charge in [0.1, 0.15) is 11.6 Å². The van der Waals surface area contributed by atoms with Crippen molar-refractivity contribution < 1.29 is 13.9 Å². The maximum atomic E-state index is 12.9. The van der Waals surface area contributed by atoms with Crippen LogP contribution >= 0.6 is 11.8 Å². The summed E-state index contributed by atoms with van der Waals surface area (Å²) < 4.78 is 20.6. The van der Waals surface area contributed by atoms with Crippen LogP contribution < -0.4 is 5.32 Å². The lowest BCUT2D eigenvalue weighted by Gasteiger charge is -2.14. The molecule has 1 aromatic carbocycles. The fraction of sp³-hybridized carbons (Fsp3) is 0.471. The lowest BCUT2D eigenvalue weighted by molar-refractivity contribution is -0.113. The third-order valence-electron chi connectivity index (χ3n) is 3.98. The molecule has 1 atom stereocenters. The average Bonchev–Trinajstić information content (AvgIpc) is 3.25. The summed E-state index contributed by atoms with van der Waals surface area (Å²) in [4.78, 5) is 12.1. The lowest BCUT2D eigenvalue weighted by Crippen LogP contribution is -2.19. The number of carbonyl (C=O) groups is 1. The van der Waals surface area contributed by atoms with Gasteiger partial charge in [-0.2, -0.15) is 0 Å². The topological polar surface area (TPSA) is 69.0 Å². The van der Waals surface area contributed by atoms with Crippen LogP contribution in [-0.4, -0.2) is 39.1 Å². The van der Waals surface area contributed by atoms with E-state index in [0.29, 0.717) is 5.69 Å². The summed E-state index contributed by atoms with van der Waals surface area (Å²) >= 11 is 1.34. The summed E-state index contributed by atoms with van der Waals surface area (Å²) in [6, 6.07) is 5.70. The van der Waals surface area contributed by atoms with E-state index in [2.05, 4.69) is 15.5 Å². The summed E-state index contributed by atoms with van der Waals surface area (Å²) in [6.45, 7) is 3.56. The van der Waals surface area contributed by atoms with Crippen LogP contribution in [0.3, 0.4) is 0 Å². The molecule has 0 bridgehead atoms. The number of rotatable bonds is 7. The summed E-state index contributed by atoms with van der Waals surface area (Å²) in [5, 5.41) is 11.9. The van der Waals surface area contributed by atoms with Gasteiger partial charge in [0.05, 0.1) is 18.4 Å². The zero-order valence-corrected chi connectivity index (χ0v) is 14.9. The van der Waals surface area contributed by atoms with Gasteiger partial charge in [-0.05, 0) is 37.1 Å². The van der Waals surface area contributed by atoms with E-state index in [0.717, 1.165) is 43.4 Å². The Kier molecular flexibility index (Phi) is 6.04. The van der Waals surface area contributed by atoms with Gasteiger partial charge in [-0.15, -0.1) is 10.2 Å². The molecule has 0 spiro atoms. The van der Waals surface area contributed by atoms with Crippen LogP contribution in [0.15, 0.2) is 29.4 Å². The van der Waals surface area contributed by atoms with Gasteiger partial charge >= 0.3 is 0 Å². The summed E-state index contributed by atoms with van der Waals surface area (Å²) in [6.07, 6.45) is 3.09. The van der Waals surface area contributed by atoms with Crippen molar-refractivity contribution in [1.29, 1.82) is 0 Å². The Morgan fingerprint density at radius 3 is 2.88 bits per heavy atom. The number of benzene rings is 1. The van der Waals surface area contributed by atoms with Crippen molar-refractivity contribution >= 4 is 23.4 Å². The van der Waals surface area contributed by atoms with Crippen molar-refractivity contribution in [1.82, 2.24) is 14.8 Å². The van der Waals surface area contributed by atoms with Crippen molar-refractivity contribution in [2.24, 2.45) is 0 Å². The summed E-state index contributed by atoms with van der Waals surface area (Å²) in [7, 11) is 0. The molecule has 1 saturated heterocycles. The van der Waals surface area contributed by atoms with E-state index in [9.17, 15) is 9.18 Å². The number of nitrogens with zero attached hydrogens (tertiary/aromatic N) is 3. The van der Waals surface area contributed by atoms with Gasteiger partial charge in [-0.1, -0.05) is 18.7 Å². The smallest absolute Gasteiger partial charge is 0.234 e. The molecule has 25 heavy (non-hydrogen) atoms. The van der Waals surface area contributed by atoms with E-state index in [1.165, 1.54) is 36.0 Å². The van der Waals surface area contributed by atoms with Crippen LogP contribution in [0.25, 0.3) is 0 Å². The first-order chi connectivity index (χ1) is 12.2. The quantitative estimate of drug-likeness (QED) is 0.765. The molecule has 1 amide bonds. The molecule has 1 aromatic heterocycles. The number of aryl methyl sites for hydroxylation is 1. The van der Waals surface area contributed by atoms with Gasteiger partial charge < -0.3 is 14.6 Å². The second-order valence-corrected chi connectivity index (χ2v) is 6.78. The maximum absolute atomic E-state index is 12.9. The van der Waals surface area contributed by atoms with E-state index in [4.69, 9.17) is 4.74 Å². The second-order valence-electron chi connectivity index (χ2n) is 5.84. The minimum absolute atomic E-state index is 0.165. The van der Waals surface area contributed by atoms with Crippen LogP contribution in [-0.2, 0) is 22.5 Å². The number of anilines is 1. The molecule has 1 fully saturated rings. The second kappa shape index (κ2) is 8.44. The SMILES string of the molecule is CCc1nnc(SCC(=O)Nc2ccc(F)cc2)n1CC1CCCO1. The normalized spacial score (nSPS) is 17.0. The Labute approximate surface area is 150 Å². The van der Waals surface area contributed by atoms with E-state index < -0.39 is 0 Å². The highest BCUT2D eigenvalue weighted by Gasteiger charge is 2.20. The molecule has 1 N–H and O–H groups in total. The fourth-order valence-electron chi connectivity index (χ4n) is 2.72. The van der Waals surface area contributed by atoms with Crippen LogP contribution in [0.2, 0.25) is 0 Å². The third kappa shape index (κ3) is 4.79. The van der Waals surface area contributed by atoms with Crippen molar-refractivity contribution in [2.75, 3.05) is 17.7 Å². The Balaban J connectivity index is 1.59. The van der Waals surface area contributed by atoms with Gasteiger partial charge in [0, 0.05) is 18.7 Å². The lowest BCUT2D eigenvalue weighted by atomic mass is 10.2. The van der Waals surface area contributed by atoms with Crippen molar-refractivity contribution in [3.05, 3.63) is 35.9 Å². The number of halogens is 1. The first-order valence-electron chi connectivity index (χ1n) is 8.37. The number of nitrogens with one attached hydrogen (secondary N) is 1. The Bertz CT molecular complexity index is 714. The van der Waals surface area contributed by atoms with Crippen LogP contribution in [0.1, 0.15) is 25.6 Å². The fourth-order valence-corrected chi connectivity index (χ4v) is 3.49. The number of carbonyl (C=O) groups excluding carboxylic acids is 1. The Morgan fingerprint density at radius 1 is 1.40 bits per heavy atom. The van der Waals surface area contributed by atoms with Gasteiger partial charge in [-0.3, -0.25) is 4.79 Å². The van der Waals surface area contributed by atoms with E-state index in [-0.39, 0.29) is 23.6 Å². The predicted molar refractivity (Wildman–Crippen MR) is 94.1 cm³/mol. The zero-order valence-electron chi connectivity index (χ0n) is 14.1. The van der Waals surface area contributed by atoms with Crippen LogP contribution in [0.4, 0.5) is 10.1 Å². The number of hydrogen-bond acceptors (Lipinski definition) is 5. The van der Waals surface area contributed by atoms with Crippen LogP contribution in [0.5, 0.6) is 0 Å². The largest absolute Gasteiger partial charge is 0.376 e. The van der Waals surface area contributed by atoms with E-state index in [1.807, 2.05) is 11.5 Å². The van der Waals surface area contributed by atoms with Crippen molar-refractivity contribution in [3.8, 4) is 0 Å². The molecular weight excluding hydrogens is 343 g/mol. The molecule has 1 aliphatic rings. The molecule has 3 rings (SSSR count). The van der Waals surface area contributed by atoms with Gasteiger partial charge in [0.2, 0.25) is 5.91 Å². The predicted octanol–water partition coefficient (Wildman–Crippen LogP) is 2.89. The number of thioether (sulfide) groups is 1. The maximum Gasteiger partial charge on any atom is 0.234 e. The molecular formula is C17H21FN4O2S. The Hall–Kier alpha value is -1.93. The third-order valence-corrected chi connectivity index (χ3v) is 4.95. The molecule has 6 nitrogen and oxygen atoms in total. The summed E-state index contributed by atoms with van der Waals surface area (Å²) in [5.41, 5.74) is 0.571. The van der Waals surface area contributed by atoms with Crippen molar-refractivity contribution in [3.63, 3.8) is 0 Å². The molecule has 2 aromatic rings. The minimum atomic E-state index is -0.332. The molecule has 1 unspecified atom stereocenters. The van der Waals surface area contributed by atoms with Crippen molar-refractivity contribution in [2.45, 2.75) is 44.0 Å². The number of aromatic nitrogens is 3. The average molecular weight is 364 g/mol. The number of amides is 1. The van der Waals surface area contributed by atoms with Crippen LogP contribution in [0, 0.1) is 5.82 Å². The van der Waals surface area contributed by atoms with Gasteiger partial charge in [-0.25, -0.2) is 4.39 Å². The number of ether oxygens (including phenoxy) is 1. The molecule has 0 radical (unpaired) electrons. The highest BCUT2D eigenvalue weighted by atomic mass is 32.2. The van der Waals surface area contributed by atoms with Gasteiger partial charge in [0.15, 0.2) is 5.16 Å². The first-order valence-corrected chi connectivity index (χ1v) is 9.36. The monoisotopic (exact) mass is 364 g/mol. The molecule has 8 heteroatoms. The highest BCUT2D eigenvalue weighted by Crippen LogP contribution is 2.22. The van der Waals surface area contributed by atoms with Gasteiger partial charge in [0.25, 0.3) is 0 Å². The zero-order chi connectivity index (χ0) is 17.6. The standard InChI is InChI=1S/C17H21FN4O2S/c1-2-15-20-21-17(22(15)10-14-4-3-9-24-14)25-11-16(23)19-13-7-5-12(18)6-8-13/h5-8,14H,2-4,9-11H2,1H3,(H,19,23).